The van der Waals surface area contributed by atoms with Gasteiger partial charge < -0.3 is 19.5 Å². The monoisotopic (exact) mass is 360 g/mol. The minimum Gasteiger partial charge on any atom is -0.493 e. The van der Waals surface area contributed by atoms with Gasteiger partial charge in [0, 0.05) is 32.2 Å². The summed E-state index contributed by atoms with van der Waals surface area (Å²) < 4.78 is 30.0. The highest BCUT2D eigenvalue weighted by atomic mass is 19.1. The summed E-state index contributed by atoms with van der Waals surface area (Å²) >= 11 is 0. The van der Waals surface area contributed by atoms with E-state index in [2.05, 4.69) is 10.2 Å². The molecule has 1 aliphatic rings. The number of hydrogen-bond donors (Lipinski definition) is 1. The molecular formula is C20H25FN2O3. The number of methoxy groups -OCH3 is 3. The van der Waals surface area contributed by atoms with E-state index in [1.54, 1.807) is 33.5 Å². The van der Waals surface area contributed by atoms with Gasteiger partial charge in [-0.2, -0.15) is 0 Å². The molecule has 26 heavy (non-hydrogen) atoms. The molecule has 0 saturated carbocycles. The molecule has 0 bridgehead atoms. The van der Waals surface area contributed by atoms with Crippen molar-refractivity contribution in [3.05, 3.63) is 53.3 Å². The van der Waals surface area contributed by atoms with Gasteiger partial charge in [-0.15, -0.1) is 0 Å². The zero-order chi connectivity index (χ0) is 18.5. The van der Waals surface area contributed by atoms with Crippen LogP contribution in [-0.2, 0) is 6.54 Å². The van der Waals surface area contributed by atoms with E-state index >= 15 is 0 Å². The van der Waals surface area contributed by atoms with Crippen LogP contribution in [0, 0.1) is 5.82 Å². The molecule has 1 N–H and O–H groups in total. The Bertz CT molecular complexity index is 729. The minimum atomic E-state index is -0.208. The SMILES string of the molecule is COc1cc(CN2CCNCC2c2cccc(F)c2)cc(OC)c1OC. The molecule has 0 spiro atoms. The van der Waals surface area contributed by atoms with E-state index in [9.17, 15) is 4.39 Å². The molecule has 2 aromatic rings. The molecule has 0 amide bonds. The zero-order valence-electron chi connectivity index (χ0n) is 15.4. The Kier molecular flexibility index (Phi) is 5.96. The van der Waals surface area contributed by atoms with Gasteiger partial charge in [0.05, 0.1) is 21.3 Å². The van der Waals surface area contributed by atoms with Crippen molar-refractivity contribution in [2.24, 2.45) is 0 Å². The van der Waals surface area contributed by atoms with Gasteiger partial charge in [-0.1, -0.05) is 12.1 Å². The average molecular weight is 360 g/mol. The fourth-order valence-electron chi connectivity index (χ4n) is 3.44. The Morgan fingerprint density at radius 1 is 1.08 bits per heavy atom. The highest BCUT2D eigenvalue weighted by Crippen LogP contribution is 2.39. The summed E-state index contributed by atoms with van der Waals surface area (Å²) in [6.45, 7) is 3.27. The number of nitrogens with zero attached hydrogens (tertiary/aromatic N) is 1. The topological polar surface area (TPSA) is 43.0 Å². The molecule has 0 aromatic heterocycles. The Morgan fingerprint density at radius 2 is 1.81 bits per heavy atom. The van der Waals surface area contributed by atoms with Crippen molar-refractivity contribution in [1.82, 2.24) is 10.2 Å². The molecule has 1 fully saturated rings. The van der Waals surface area contributed by atoms with Crippen LogP contribution in [0.15, 0.2) is 36.4 Å². The molecule has 1 heterocycles. The van der Waals surface area contributed by atoms with E-state index < -0.39 is 0 Å². The maximum absolute atomic E-state index is 13.7. The largest absolute Gasteiger partial charge is 0.493 e. The van der Waals surface area contributed by atoms with Crippen LogP contribution in [0.1, 0.15) is 17.2 Å². The van der Waals surface area contributed by atoms with Gasteiger partial charge in [0.1, 0.15) is 5.82 Å². The first kappa shape index (κ1) is 18.5. The second kappa shape index (κ2) is 8.38. The van der Waals surface area contributed by atoms with Crippen LogP contribution in [0.5, 0.6) is 17.2 Å². The molecule has 0 aliphatic carbocycles. The van der Waals surface area contributed by atoms with Crippen molar-refractivity contribution in [1.29, 1.82) is 0 Å². The Morgan fingerprint density at radius 3 is 2.42 bits per heavy atom. The first-order chi connectivity index (χ1) is 12.7. The van der Waals surface area contributed by atoms with Crippen LogP contribution in [0.25, 0.3) is 0 Å². The average Bonchev–Trinajstić information content (AvgIpc) is 2.67. The first-order valence-corrected chi connectivity index (χ1v) is 8.65. The maximum Gasteiger partial charge on any atom is 0.203 e. The Hall–Kier alpha value is -2.31. The van der Waals surface area contributed by atoms with Crippen molar-refractivity contribution < 1.29 is 18.6 Å². The molecule has 2 aromatic carbocycles. The Labute approximate surface area is 153 Å². The number of benzene rings is 2. The van der Waals surface area contributed by atoms with Gasteiger partial charge in [0.15, 0.2) is 11.5 Å². The maximum atomic E-state index is 13.7. The van der Waals surface area contributed by atoms with E-state index in [0.717, 1.165) is 30.8 Å². The van der Waals surface area contributed by atoms with Gasteiger partial charge in [-0.25, -0.2) is 4.39 Å². The molecule has 1 atom stereocenters. The molecule has 3 rings (SSSR count). The predicted octanol–water partition coefficient (Wildman–Crippen LogP) is 3.00. The lowest BCUT2D eigenvalue weighted by molar-refractivity contribution is 0.153. The minimum absolute atomic E-state index is 0.110. The van der Waals surface area contributed by atoms with Crippen molar-refractivity contribution in [2.45, 2.75) is 12.6 Å². The van der Waals surface area contributed by atoms with Crippen LogP contribution >= 0.6 is 0 Å². The van der Waals surface area contributed by atoms with E-state index in [1.807, 2.05) is 18.2 Å². The number of rotatable bonds is 6. The van der Waals surface area contributed by atoms with Gasteiger partial charge in [-0.3, -0.25) is 4.90 Å². The predicted molar refractivity (Wildman–Crippen MR) is 98.5 cm³/mol. The summed E-state index contributed by atoms with van der Waals surface area (Å²) in [6.07, 6.45) is 0. The lowest BCUT2D eigenvalue weighted by Crippen LogP contribution is -2.45. The molecule has 5 nitrogen and oxygen atoms in total. The summed E-state index contributed by atoms with van der Waals surface area (Å²) in [6, 6.07) is 10.9. The molecule has 1 unspecified atom stereocenters. The molecule has 1 aliphatic heterocycles. The van der Waals surface area contributed by atoms with E-state index in [1.165, 1.54) is 6.07 Å². The van der Waals surface area contributed by atoms with Gasteiger partial charge in [-0.05, 0) is 35.4 Å². The second-order valence-corrected chi connectivity index (χ2v) is 6.28. The number of halogens is 1. The number of piperazine rings is 1. The first-order valence-electron chi connectivity index (χ1n) is 8.65. The summed E-state index contributed by atoms with van der Waals surface area (Å²) in [5, 5.41) is 3.40. The fourth-order valence-corrected chi connectivity index (χ4v) is 3.44. The highest BCUT2D eigenvalue weighted by Gasteiger charge is 2.25. The van der Waals surface area contributed by atoms with Crippen LogP contribution < -0.4 is 19.5 Å². The van der Waals surface area contributed by atoms with E-state index in [0.29, 0.717) is 23.8 Å². The van der Waals surface area contributed by atoms with E-state index in [4.69, 9.17) is 14.2 Å². The highest BCUT2D eigenvalue weighted by molar-refractivity contribution is 5.53. The van der Waals surface area contributed by atoms with Crippen molar-refractivity contribution in [3.8, 4) is 17.2 Å². The standard InChI is InChI=1S/C20H25FN2O3/c1-24-18-9-14(10-19(25-2)20(18)26-3)13-23-8-7-22-12-17(23)15-5-4-6-16(21)11-15/h4-6,9-11,17,22H,7-8,12-13H2,1-3H3. The van der Waals surface area contributed by atoms with Crippen molar-refractivity contribution in [2.75, 3.05) is 41.0 Å². The van der Waals surface area contributed by atoms with Crippen LogP contribution in [0.4, 0.5) is 4.39 Å². The number of ether oxygens (including phenoxy) is 3. The lowest BCUT2D eigenvalue weighted by atomic mass is 10.0. The third kappa shape index (κ3) is 3.92. The summed E-state index contributed by atoms with van der Waals surface area (Å²) in [4.78, 5) is 2.34. The summed E-state index contributed by atoms with van der Waals surface area (Å²) in [5.41, 5.74) is 2.03. The van der Waals surface area contributed by atoms with Gasteiger partial charge >= 0.3 is 0 Å². The molecule has 140 valence electrons. The molecule has 1 saturated heterocycles. The smallest absolute Gasteiger partial charge is 0.203 e. The van der Waals surface area contributed by atoms with Crippen LogP contribution in [-0.4, -0.2) is 45.9 Å². The molecule has 6 heteroatoms. The quantitative estimate of drug-likeness (QED) is 0.858. The second-order valence-electron chi connectivity index (χ2n) is 6.28. The third-order valence-corrected chi connectivity index (χ3v) is 4.70. The van der Waals surface area contributed by atoms with Crippen molar-refractivity contribution >= 4 is 0 Å². The van der Waals surface area contributed by atoms with Gasteiger partial charge in [0.25, 0.3) is 0 Å². The third-order valence-electron chi connectivity index (χ3n) is 4.70. The molecular weight excluding hydrogens is 335 g/mol. The zero-order valence-corrected chi connectivity index (χ0v) is 15.4. The normalized spacial score (nSPS) is 17.8. The summed E-state index contributed by atoms with van der Waals surface area (Å²) in [5.74, 6) is 1.65. The molecule has 0 radical (unpaired) electrons. The number of nitrogens with one attached hydrogen (secondary N) is 1. The van der Waals surface area contributed by atoms with Crippen LogP contribution in [0.3, 0.4) is 0 Å². The van der Waals surface area contributed by atoms with E-state index in [-0.39, 0.29) is 11.9 Å². The summed E-state index contributed by atoms with van der Waals surface area (Å²) in [7, 11) is 4.82. The van der Waals surface area contributed by atoms with Crippen LogP contribution in [0.2, 0.25) is 0 Å². The fraction of sp³-hybridized carbons (Fsp3) is 0.400. The number of hydrogen-bond acceptors (Lipinski definition) is 5. The van der Waals surface area contributed by atoms with Crippen molar-refractivity contribution in [3.63, 3.8) is 0 Å². The van der Waals surface area contributed by atoms with Gasteiger partial charge in [0.2, 0.25) is 5.75 Å². The Balaban J connectivity index is 1.88. The lowest BCUT2D eigenvalue weighted by Gasteiger charge is -2.36.